The summed E-state index contributed by atoms with van der Waals surface area (Å²) in [6.45, 7) is 3.89. The Morgan fingerprint density at radius 2 is 2.56 bits per heavy atom. The Morgan fingerprint density at radius 1 is 1.72 bits per heavy atom. The molecule has 1 aromatic rings. The third-order valence-electron chi connectivity index (χ3n) is 3.46. The lowest BCUT2D eigenvalue weighted by Gasteiger charge is -2.20. The third kappa shape index (κ3) is 3.54. The molecule has 2 atom stereocenters. The topological polar surface area (TPSA) is 52.6 Å². The summed E-state index contributed by atoms with van der Waals surface area (Å²) in [4.78, 5) is 13.9. The molecule has 18 heavy (non-hydrogen) atoms. The number of amides is 1. The molecular weight excluding hydrogens is 248 g/mol. The smallest absolute Gasteiger partial charge is 0.234 e. The number of nitrogens with one attached hydrogen (secondary N) is 1. The first-order valence-electron chi connectivity index (χ1n) is 6.37. The minimum atomic E-state index is -0.601. The molecule has 0 bridgehead atoms. The van der Waals surface area contributed by atoms with E-state index in [2.05, 4.69) is 17.1 Å². The number of rotatable bonds is 5. The fraction of sp³-hybridized carbons (Fsp3) is 0.615. The van der Waals surface area contributed by atoms with E-state index in [0.29, 0.717) is 12.6 Å². The van der Waals surface area contributed by atoms with Gasteiger partial charge in [-0.05, 0) is 48.7 Å². The minimum absolute atomic E-state index is 0.00182. The van der Waals surface area contributed by atoms with E-state index in [1.165, 1.54) is 12.8 Å². The van der Waals surface area contributed by atoms with Crippen molar-refractivity contribution in [3.63, 3.8) is 0 Å². The summed E-state index contributed by atoms with van der Waals surface area (Å²) in [5.74, 6) is -0.00182. The van der Waals surface area contributed by atoms with Gasteiger partial charge in [0.1, 0.15) is 0 Å². The first-order chi connectivity index (χ1) is 8.66. The number of nitrogens with zero attached hydrogens (tertiary/aromatic N) is 1. The average molecular weight is 268 g/mol. The van der Waals surface area contributed by atoms with E-state index in [-0.39, 0.29) is 12.5 Å². The van der Waals surface area contributed by atoms with Crippen LogP contribution in [0.2, 0.25) is 0 Å². The maximum absolute atomic E-state index is 11.8. The summed E-state index contributed by atoms with van der Waals surface area (Å²) < 4.78 is 0. The van der Waals surface area contributed by atoms with Crippen LogP contribution >= 0.6 is 11.3 Å². The number of hydrogen-bond acceptors (Lipinski definition) is 4. The molecule has 2 N–H and O–H groups in total. The van der Waals surface area contributed by atoms with E-state index in [9.17, 15) is 9.90 Å². The van der Waals surface area contributed by atoms with Gasteiger partial charge >= 0.3 is 0 Å². The van der Waals surface area contributed by atoms with Crippen molar-refractivity contribution < 1.29 is 9.90 Å². The fourth-order valence-corrected chi connectivity index (χ4v) is 2.97. The Kier molecular flexibility index (Phi) is 4.74. The molecule has 2 heterocycles. The van der Waals surface area contributed by atoms with Crippen LogP contribution in [0.15, 0.2) is 16.8 Å². The minimum Gasteiger partial charge on any atom is -0.387 e. The van der Waals surface area contributed by atoms with Gasteiger partial charge in [0, 0.05) is 12.6 Å². The van der Waals surface area contributed by atoms with Gasteiger partial charge < -0.3 is 10.4 Å². The van der Waals surface area contributed by atoms with Gasteiger partial charge in [-0.25, -0.2) is 0 Å². The maximum Gasteiger partial charge on any atom is 0.234 e. The van der Waals surface area contributed by atoms with Crippen LogP contribution in [0.4, 0.5) is 0 Å². The monoisotopic (exact) mass is 268 g/mol. The standard InChI is InChI=1S/C13H20N2O2S/c1-10-3-2-5-15(10)8-13(17)14-7-12(16)11-4-6-18-9-11/h4,6,9-10,12,16H,2-3,5,7-8H2,1H3,(H,14,17). The lowest BCUT2D eigenvalue weighted by Crippen LogP contribution is -2.40. The molecule has 1 saturated heterocycles. The lowest BCUT2D eigenvalue weighted by atomic mass is 10.2. The van der Waals surface area contributed by atoms with Crippen LogP contribution < -0.4 is 5.32 Å². The number of carbonyl (C=O) groups is 1. The summed E-state index contributed by atoms with van der Waals surface area (Å²) >= 11 is 1.55. The fourth-order valence-electron chi connectivity index (χ4n) is 2.26. The first kappa shape index (κ1) is 13.5. The molecule has 1 aromatic heterocycles. The Bertz CT molecular complexity index is 380. The molecule has 1 aliphatic rings. The van der Waals surface area contributed by atoms with Crippen LogP contribution in [0.3, 0.4) is 0 Å². The predicted octanol–water partition coefficient (Wildman–Crippen LogP) is 1.38. The highest BCUT2D eigenvalue weighted by atomic mass is 32.1. The summed E-state index contributed by atoms with van der Waals surface area (Å²) in [7, 11) is 0. The molecule has 0 spiro atoms. The van der Waals surface area contributed by atoms with E-state index in [1.54, 1.807) is 11.3 Å². The Hall–Kier alpha value is -0.910. The van der Waals surface area contributed by atoms with Crippen molar-refractivity contribution in [2.24, 2.45) is 0 Å². The predicted molar refractivity (Wildman–Crippen MR) is 72.6 cm³/mol. The summed E-state index contributed by atoms with van der Waals surface area (Å²) in [5.41, 5.74) is 0.870. The van der Waals surface area contributed by atoms with Gasteiger partial charge in [-0.2, -0.15) is 11.3 Å². The number of thiophene rings is 1. The molecule has 1 fully saturated rings. The molecule has 1 aliphatic heterocycles. The second-order valence-electron chi connectivity index (χ2n) is 4.84. The van der Waals surface area contributed by atoms with E-state index in [4.69, 9.17) is 0 Å². The summed E-state index contributed by atoms with van der Waals surface area (Å²) in [6.07, 6.45) is 1.74. The van der Waals surface area contributed by atoms with E-state index in [1.807, 2.05) is 16.8 Å². The number of likely N-dealkylation sites (tertiary alicyclic amines) is 1. The molecule has 0 aliphatic carbocycles. The molecule has 5 heteroatoms. The van der Waals surface area contributed by atoms with Gasteiger partial charge in [0.05, 0.1) is 12.6 Å². The van der Waals surface area contributed by atoms with Crippen molar-refractivity contribution in [3.8, 4) is 0 Å². The zero-order valence-corrected chi connectivity index (χ0v) is 11.4. The molecule has 0 aromatic carbocycles. The van der Waals surface area contributed by atoms with Crippen molar-refractivity contribution in [2.45, 2.75) is 31.9 Å². The van der Waals surface area contributed by atoms with Gasteiger partial charge in [-0.3, -0.25) is 9.69 Å². The maximum atomic E-state index is 11.8. The Morgan fingerprint density at radius 3 is 3.17 bits per heavy atom. The van der Waals surface area contributed by atoms with Crippen LogP contribution in [-0.4, -0.2) is 41.6 Å². The molecule has 2 rings (SSSR count). The molecule has 0 saturated carbocycles. The van der Waals surface area contributed by atoms with Crippen LogP contribution in [0.5, 0.6) is 0 Å². The van der Waals surface area contributed by atoms with Crippen LogP contribution in [-0.2, 0) is 4.79 Å². The highest BCUT2D eigenvalue weighted by Crippen LogP contribution is 2.16. The van der Waals surface area contributed by atoms with E-state index < -0.39 is 6.10 Å². The number of hydrogen-bond donors (Lipinski definition) is 2. The van der Waals surface area contributed by atoms with Crippen molar-refractivity contribution in [2.75, 3.05) is 19.6 Å². The van der Waals surface area contributed by atoms with Crippen molar-refractivity contribution in [1.29, 1.82) is 0 Å². The van der Waals surface area contributed by atoms with Gasteiger partial charge in [0.15, 0.2) is 0 Å². The first-order valence-corrected chi connectivity index (χ1v) is 7.32. The van der Waals surface area contributed by atoms with Gasteiger partial charge in [-0.1, -0.05) is 0 Å². The largest absolute Gasteiger partial charge is 0.387 e. The summed E-state index contributed by atoms with van der Waals surface area (Å²) in [6, 6.07) is 2.38. The Labute approximate surface area is 112 Å². The second-order valence-corrected chi connectivity index (χ2v) is 5.62. The van der Waals surface area contributed by atoms with Crippen LogP contribution in [0.25, 0.3) is 0 Å². The highest BCUT2D eigenvalue weighted by molar-refractivity contribution is 7.07. The van der Waals surface area contributed by atoms with Gasteiger partial charge in [0.25, 0.3) is 0 Å². The van der Waals surface area contributed by atoms with E-state index >= 15 is 0 Å². The van der Waals surface area contributed by atoms with E-state index in [0.717, 1.165) is 12.1 Å². The summed E-state index contributed by atoms with van der Waals surface area (Å²) in [5, 5.41) is 16.5. The molecule has 1 amide bonds. The zero-order chi connectivity index (χ0) is 13.0. The lowest BCUT2D eigenvalue weighted by molar-refractivity contribution is -0.122. The number of carbonyl (C=O) groups excluding carboxylic acids is 1. The van der Waals surface area contributed by atoms with Gasteiger partial charge in [0.2, 0.25) is 5.91 Å². The molecular formula is C13H20N2O2S. The molecule has 100 valence electrons. The number of aliphatic hydroxyl groups is 1. The second kappa shape index (κ2) is 6.31. The molecule has 2 unspecified atom stereocenters. The zero-order valence-electron chi connectivity index (χ0n) is 10.6. The van der Waals surface area contributed by atoms with Crippen LogP contribution in [0, 0.1) is 0 Å². The third-order valence-corrected chi connectivity index (χ3v) is 4.16. The molecule has 0 radical (unpaired) electrons. The Balaban J connectivity index is 1.71. The van der Waals surface area contributed by atoms with Crippen molar-refractivity contribution in [3.05, 3.63) is 22.4 Å². The molecule has 4 nitrogen and oxygen atoms in total. The SMILES string of the molecule is CC1CCCN1CC(=O)NCC(O)c1ccsc1. The van der Waals surface area contributed by atoms with Crippen LogP contribution in [0.1, 0.15) is 31.4 Å². The van der Waals surface area contributed by atoms with Crippen molar-refractivity contribution in [1.82, 2.24) is 10.2 Å². The normalized spacial score (nSPS) is 22.0. The quantitative estimate of drug-likeness (QED) is 0.848. The highest BCUT2D eigenvalue weighted by Gasteiger charge is 2.22. The van der Waals surface area contributed by atoms with Gasteiger partial charge in [-0.15, -0.1) is 0 Å². The number of aliphatic hydroxyl groups excluding tert-OH is 1. The van der Waals surface area contributed by atoms with Crippen molar-refractivity contribution >= 4 is 17.2 Å². The average Bonchev–Trinajstić information content (AvgIpc) is 2.99.